The molecule has 14 heavy (non-hydrogen) atoms. The van der Waals surface area contributed by atoms with Gasteiger partial charge in [0.1, 0.15) is 0 Å². The van der Waals surface area contributed by atoms with Crippen LogP contribution in [0, 0.1) is 13.7 Å². The van der Waals surface area contributed by atoms with E-state index in [1.807, 2.05) is 22.6 Å². The number of nitrogens with two attached hydrogens (primary N) is 1. The molecule has 0 saturated carbocycles. The van der Waals surface area contributed by atoms with E-state index >= 15 is 0 Å². The Morgan fingerprint density at radius 2 is 2.29 bits per heavy atom. The van der Waals surface area contributed by atoms with Crippen LogP contribution >= 0.6 is 22.6 Å². The fourth-order valence-electron chi connectivity index (χ4n) is 0.981. The first-order chi connectivity index (χ1) is 6.65. The molecule has 0 aliphatic heterocycles. The van der Waals surface area contributed by atoms with Crippen LogP contribution in [0.25, 0.3) is 0 Å². The summed E-state index contributed by atoms with van der Waals surface area (Å²) in [5.74, 6) is 0. The van der Waals surface area contributed by atoms with E-state index in [4.69, 9.17) is 5.73 Å². The Bertz CT molecular complexity index is 343. The molecule has 1 aromatic rings. The molecule has 0 unspecified atom stereocenters. The fourth-order valence-corrected chi connectivity index (χ4v) is 1.69. The molecular formula is C8H10IN3O2. The molecule has 1 aromatic carbocycles. The molecule has 0 amide bonds. The van der Waals surface area contributed by atoms with Crippen LogP contribution in [0.3, 0.4) is 0 Å². The second-order valence-corrected chi connectivity index (χ2v) is 3.80. The smallest absolute Gasteiger partial charge is 0.282 e. The normalized spacial score (nSPS) is 9.86. The molecule has 0 saturated heterocycles. The number of nitrogens with one attached hydrogen (secondary N) is 1. The van der Waals surface area contributed by atoms with Crippen LogP contribution in [0.15, 0.2) is 18.2 Å². The topological polar surface area (TPSA) is 81.2 Å². The van der Waals surface area contributed by atoms with Crippen LogP contribution in [0.5, 0.6) is 0 Å². The highest BCUT2D eigenvalue weighted by atomic mass is 127. The fraction of sp³-hybridized carbons (Fsp3) is 0.250. The lowest BCUT2D eigenvalue weighted by atomic mass is 10.3. The van der Waals surface area contributed by atoms with Crippen molar-refractivity contribution in [2.45, 2.75) is 0 Å². The summed E-state index contributed by atoms with van der Waals surface area (Å²) in [7, 11) is 0. The van der Waals surface area contributed by atoms with Crippen LogP contribution in [0.4, 0.5) is 11.4 Å². The lowest BCUT2D eigenvalue weighted by Gasteiger charge is -2.04. The Labute approximate surface area is 95.0 Å². The second kappa shape index (κ2) is 5.11. The summed E-state index contributed by atoms with van der Waals surface area (Å²) in [6, 6.07) is 4.89. The van der Waals surface area contributed by atoms with Gasteiger partial charge in [0.25, 0.3) is 5.69 Å². The van der Waals surface area contributed by atoms with Crippen molar-refractivity contribution in [2.24, 2.45) is 5.73 Å². The maximum Gasteiger partial charge on any atom is 0.282 e. The highest BCUT2D eigenvalue weighted by Crippen LogP contribution is 2.23. The van der Waals surface area contributed by atoms with Crippen LogP contribution in [-0.2, 0) is 0 Å². The standard InChI is InChI=1S/C8H10IN3O2/c9-7-5-6(11-4-3-10)1-2-8(7)12(13)14/h1-2,5,11H,3-4,10H2. The predicted molar refractivity (Wildman–Crippen MR) is 63.4 cm³/mol. The largest absolute Gasteiger partial charge is 0.384 e. The highest BCUT2D eigenvalue weighted by molar-refractivity contribution is 14.1. The van der Waals surface area contributed by atoms with Crippen molar-refractivity contribution in [1.29, 1.82) is 0 Å². The Hall–Kier alpha value is -0.890. The lowest BCUT2D eigenvalue weighted by Crippen LogP contribution is -2.13. The third kappa shape index (κ3) is 2.81. The SMILES string of the molecule is NCCNc1ccc([N+](=O)[O-])c(I)c1. The van der Waals surface area contributed by atoms with Crippen molar-refractivity contribution >= 4 is 34.0 Å². The molecule has 6 heteroatoms. The predicted octanol–water partition coefficient (Wildman–Crippen LogP) is 1.57. The Balaban J connectivity index is 2.83. The summed E-state index contributed by atoms with van der Waals surface area (Å²) in [6.07, 6.45) is 0. The van der Waals surface area contributed by atoms with Crippen molar-refractivity contribution in [1.82, 2.24) is 0 Å². The number of halogens is 1. The van der Waals surface area contributed by atoms with Gasteiger partial charge in [0.2, 0.25) is 0 Å². The molecule has 0 aromatic heterocycles. The maximum absolute atomic E-state index is 10.5. The molecule has 0 aliphatic rings. The van der Waals surface area contributed by atoms with Crippen molar-refractivity contribution in [3.05, 3.63) is 31.9 Å². The number of anilines is 1. The molecule has 0 aliphatic carbocycles. The van der Waals surface area contributed by atoms with Gasteiger partial charge in [0, 0.05) is 24.8 Å². The number of rotatable bonds is 4. The van der Waals surface area contributed by atoms with Crippen molar-refractivity contribution in [3.63, 3.8) is 0 Å². The molecular weight excluding hydrogens is 297 g/mol. The molecule has 3 N–H and O–H groups in total. The van der Waals surface area contributed by atoms with E-state index in [0.717, 1.165) is 5.69 Å². The highest BCUT2D eigenvalue weighted by Gasteiger charge is 2.10. The molecule has 76 valence electrons. The quantitative estimate of drug-likeness (QED) is 0.502. The third-order valence-corrected chi connectivity index (χ3v) is 2.48. The summed E-state index contributed by atoms with van der Waals surface area (Å²) in [5, 5.41) is 13.6. The van der Waals surface area contributed by atoms with Crippen LogP contribution in [0.1, 0.15) is 0 Å². The van der Waals surface area contributed by atoms with Gasteiger partial charge in [-0.2, -0.15) is 0 Å². The van der Waals surface area contributed by atoms with Gasteiger partial charge >= 0.3 is 0 Å². The van der Waals surface area contributed by atoms with E-state index in [1.54, 1.807) is 12.1 Å². The van der Waals surface area contributed by atoms with E-state index in [2.05, 4.69) is 5.32 Å². The van der Waals surface area contributed by atoms with Crippen molar-refractivity contribution in [2.75, 3.05) is 18.4 Å². The molecule has 0 fully saturated rings. The lowest BCUT2D eigenvalue weighted by molar-refractivity contribution is -0.385. The van der Waals surface area contributed by atoms with Crippen LogP contribution in [-0.4, -0.2) is 18.0 Å². The number of hydrogen-bond acceptors (Lipinski definition) is 4. The van der Waals surface area contributed by atoms with Crippen LogP contribution in [0.2, 0.25) is 0 Å². The van der Waals surface area contributed by atoms with Gasteiger partial charge in [-0.25, -0.2) is 0 Å². The van der Waals surface area contributed by atoms with E-state index in [0.29, 0.717) is 16.7 Å². The average Bonchev–Trinajstić information content (AvgIpc) is 2.14. The average molecular weight is 307 g/mol. The monoisotopic (exact) mass is 307 g/mol. The minimum atomic E-state index is -0.394. The molecule has 0 spiro atoms. The minimum absolute atomic E-state index is 0.129. The summed E-state index contributed by atoms with van der Waals surface area (Å²) < 4.78 is 0.620. The minimum Gasteiger partial charge on any atom is -0.384 e. The first-order valence-electron chi connectivity index (χ1n) is 4.03. The molecule has 1 rings (SSSR count). The van der Waals surface area contributed by atoms with Gasteiger partial charge < -0.3 is 11.1 Å². The Morgan fingerprint density at radius 3 is 2.79 bits per heavy atom. The maximum atomic E-state index is 10.5. The molecule has 0 bridgehead atoms. The molecule has 0 atom stereocenters. The van der Waals surface area contributed by atoms with E-state index in [-0.39, 0.29) is 5.69 Å². The number of nitro groups is 1. The zero-order valence-electron chi connectivity index (χ0n) is 7.37. The third-order valence-electron chi connectivity index (χ3n) is 1.62. The molecule has 0 radical (unpaired) electrons. The zero-order valence-corrected chi connectivity index (χ0v) is 9.52. The van der Waals surface area contributed by atoms with E-state index in [9.17, 15) is 10.1 Å². The Kier molecular flexibility index (Phi) is 4.08. The molecule has 5 nitrogen and oxygen atoms in total. The zero-order chi connectivity index (χ0) is 10.6. The van der Waals surface area contributed by atoms with E-state index in [1.165, 1.54) is 6.07 Å². The number of nitrogens with zero attached hydrogens (tertiary/aromatic N) is 1. The summed E-state index contributed by atoms with van der Waals surface area (Å²) in [6.45, 7) is 1.20. The van der Waals surface area contributed by atoms with Gasteiger partial charge in [-0.3, -0.25) is 10.1 Å². The van der Waals surface area contributed by atoms with Gasteiger partial charge in [-0.15, -0.1) is 0 Å². The van der Waals surface area contributed by atoms with Gasteiger partial charge in [0.05, 0.1) is 8.49 Å². The van der Waals surface area contributed by atoms with E-state index < -0.39 is 4.92 Å². The van der Waals surface area contributed by atoms with Gasteiger partial charge in [0.15, 0.2) is 0 Å². The number of nitro benzene ring substituents is 1. The first kappa shape index (κ1) is 11.2. The summed E-state index contributed by atoms with van der Waals surface area (Å²) in [4.78, 5) is 10.1. The number of hydrogen-bond donors (Lipinski definition) is 2. The summed E-state index contributed by atoms with van der Waals surface area (Å²) >= 11 is 1.94. The van der Waals surface area contributed by atoms with Crippen molar-refractivity contribution < 1.29 is 4.92 Å². The van der Waals surface area contributed by atoms with Gasteiger partial charge in [-0.1, -0.05) is 0 Å². The summed E-state index contributed by atoms with van der Waals surface area (Å²) in [5.41, 5.74) is 6.30. The van der Waals surface area contributed by atoms with Gasteiger partial charge in [-0.05, 0) is 34.7 Å². The van der Waals surface area contributed by atoms with Crippen molar-refractivity contribution in [3.8, 4) is 0 Å². The van der Waals surface area contributed by atoms with Crippen LogP contribution < -0.4 is 11.1 Å². The molecule has 0 heterocycles. The Morgan fingerprint density at radius 1 is 1.57 bits per heavy atom. The second-order valence-electron chi connectivity index (χ2n) is 2.64. The first-order valence-corrected chi connectivity index (χ1v) is 5.11. The number of benzene rings is 1.